The summed E-state index contributed by atoms with van der Waals surface area (Å²) in [6.45, 7) is 3.37. The van der Waals surface area contributed by atoms with Gasteiger partial charge in [-0.25, -0.2) is 9.78 Å². The van der Waals surface area contributed by atoms with Crippen LogP contribution in [0.3, 0.4) is 0 Å². The highest BCUT2D eigenvalue weighted by atomic mass is 35.5. The maximum absolute atomic E-state index is 13.2. The second-order valence-electron chi connectivity index (χ2n) is 8.31. The molecule has 2 heterocycles. The number of benzene rings is 1. The number of fused-ring (bicyclic) bond motifs is 2. The summed E-state index contributed by atoms with van der Waals surface area (Å²) in [6, 6.07) is 4.66. The summed E-state index contributed by atoms with van der Waals surface area (Å²) in [7, 11) is 1.76. The van der Waals surface area contributed by atoms with E-state index >= 15 is 0 Å². The zero-order valence-corrected chi connectivity index (χ0v) is 18.2. The Labute approximate surface area is 184 Å². The lowest BCUT2D eigenvalue weighted by Gasteiger charge is -2.61. The van der Waals surface area contributed by atoms with Crippen molar-refractivity contribution in [2.75, 3.05) is 5.32 Å². The highest BCUT2D eigenvalue weighted by molar-refractivity contribution is 6.33. The van der Waals surface area contributed by atoms with Gasteiger partial charge in [0.15, 0.2) is 5.82 Å². The van der Waals surface area contributed by atoms with Crippen LogP contribution in [0.4, 0.5) is 10.5 Å². The van der Waals surface area contributed by atoms with Crippen molar-refractivity contribution in [3.05, 3.63) is 29.5 Å². The fourth-order valence-corrected chi connectivity index (χ4v) is 4.85. The summed E-state index contributed by atoms with van der Waals surface area (Å²) in [5.41, 5.74) is 4.90. The van der Waals surface area contributed by atoms with E-state index in [9.17, 15) is 14.4 Å². The number of amides is 4. The molecule has 11 heteroatoms. The molecule has 4 rings (SSSR count). The van der Waals surface area contributed by atoms with E-state index in [1.54, 1.807) is 41.2 Å². The molecule has 164 valence electrons. The molecule has 3 unspecified atom stereocenters. The van der Waals surface area contributed by atoms with Gasteiger partial charge < -0.3 is 10.2 Å². The van der Waals surface area contributed by atoms with Gasteiger partial charge in [0.1, 0.15) is 11.9 Å². The molecule has 2 aliphatic rings. The van der Waals surface area contributed by atoms with E-state index in [4.69, 9.17) is 11.6 Å². The minimum atomic E-state index is -0.980. The van der Waals surface area contributed by atoms with Crippen LogP contribution in [0.15, 0.2) is 24.5 Å². The molecule has 1 saturated heterocycles. The van der Waals surface area contributed by atoms with Crippen molar-refractivity contribution in [3.8, 4) is 11.4 Å². The Morgan fingerprint density at radius 2 is 2.00 bits per heavy atom. The Hall–Kier alpha value is -3.14. The smallest absolute Gasteiger partial charge is 0.308 e. The lowest BCUT2D eigenvalue weighted by atomic mass is 9.64. The normalized spacial score (nSPS) is 24.2. The van der Waals surface area contributed by atoms with Gasteiger partial charge in [-0.15, -0.1) is 0 Å². The van der Waals surface area contributed by atoms with Gasteiger partial charge in [-0.05, 0) is 37.0 Å². The number of hydrazine groups is 1. The van der Waals surface area contributed by atoms with E-state index < -0.39 is 5.54 Å². The molecule has 1 aliphatic heterocycles. The number of urea groups is 1. The Balaban J connectivity index is 1.55. The third-order valence-electron chi connectivity index (χ3n) is 5.81. The molecule has 0 radical (unpaired) electrons. The molecule has 10 nitrogen and oxygen atoms in total. The summed E-state index contributed by atoms with van der Waals surface area (Å²) in [5, 5.41) is 7.60. The number of anilines is 1. The van der Waals surface area contributed by atoms with E-state index in [1.165, 1.54) is 6.92 Å². The largest absolute Gasteiger partial charge is 0.323 e. The van der Waals surface area contributed by atoms with Crippen LogP contribution < -0.4 is 16.2 Å². The van der Waals surface area contributed by atoms with Gasteiger partial charge in [0, 0.05) is 37.7 Å². The van der Waals surface area contributed by atoms with E-state index in [1.807, 2.05) is 0 Å². The van der Waals surface area contributed by atoms with Crippen LogP contribution in [-0.4, -0.2) is 49.1 Å². The lowest BCUT2D eigenvalue weighted by Crippen LogP contribution is -2.77. The molecule has 4 amide bonds. The number of nitrogens with one attached hydrogen (secondary N) is 3. The third-order valence-corrected chi connectivity index (χ3v) is 6.14. The number of hydrogen-bond acceptors (Lipinski definition) is 5. The summed E-state index contributed by atoms with van der Waals surface area (Å²) in [5.74, 6) is -0.0138. The zero-order valence-electron chi connectivity index (χ0n) is 17.5. The first-order valence-electron chi connectivity index (χ1n) is 10.0. The molecule has 1 aliphatic carbocycles. The van der Waals surface area contributed by atoms with Gasteiger partial charge in [-0.2, -0.15) is 5.10 Å². The summed E-state index contributed by atoms with van der Waals surface area (Å²) in [6.07, 6.45) is 3.50. The Bertz CT molecular complexity index is 1060. The molecule has 31 heavy (non-hydrogen) atoms. The van der Waals surface area contributed by atoms with Crippen LogP contribution in [0.5, 0.6) is 0 Å². The van der Waals surface area contributed by atoms with Crippen LogP contribution in [0.1, 0.15) is 33.1 Å². The van der Waals surface area contributed by atoms with Crippen LogP contribution >= 0.6 is 11.6 Å². The van der Waals surface area contributed by atoms with Gasteiger partial charge >= 0.3 is 6.03 Å². The standard InChI is InChI=1S/C20H24ClN7O3/c1-11-6-14-9-20(8-11,18(30)25-24-12(2)29)28(14)19(31)23-13-4-5-16(21)15(7-13)17-22-10-27(3)26-17/h4-5,7,10-11,14H,6,8-9H2,1-3H3,(H,23,31)(H,24,29)(H,25,30). The topological polar surface area (TPSA) is 121 Å². The predicted octanol–water partition coefficient (Wildman–Crippen LogP) is 2.08. The van der Waals surface area contributed by atoms with Crippen LogP contribution in [-0.2, 0) is 16.6 Å². The minimum absolute atomic E-state index is 0.0314. The van der Waals surface area contributed by atoms with Gasteiger partial charge in [0.25, 0.3) is 5.91 Å². The van der Waals surface area contributed by atoms with Crippen molar-refractivity contribution in [2.24, 2.45) is 13.0 Å². The highest BCUT2D eigenvalue weighted by Crippen LogP contribution is 2.50. The number of hydrogen-bond donors (Lipinski definition) is 3. The quantitative estimate of drug-likeness (QED) is 0.624. The first-order valence-corrected chi connectivity index (χ1v) is 10.4. The Kier molecular flexibility index (Phi) is 5.34. The van der Waals surface area contributed by atoms with Crippen LogP contribution in [0.2, 0.25) is 5.02 Å². The molecule has 1 aromatic carbocycles. The van der Waals surface area contributed by atoms with Crippen molar-refractivity contribution in [1.82, 2.24) is 30.5 Å². The van der Waals surface area contributed by atoms with Crippen molar-refractivity contribution < 1.29 is 14.4 Å². The number of carbonyl (C=O) groups excluding carboxylic acids is 3. The number of nitrogens with zero attached hydrogens (tertiary/aromatic N) is 4. The SMILES string of the molecule is CC(=O)NNC(=O)C12CC(C)CC(C1)N2C(=O)Nc1ccc(Cl)c(-c2ncn(C)n2)c1. The average molecular weight is 446 g/mol. The zero-order chi connectivity index (χ0) is 22.3. The number of aromatic nitrogens is 3. The number of likely N-dealkylation sites (tertiary alicyclic amines) is 1. The lowest BCUT2D eigenvalue weighted by molar-refractivity contribution is -0.157. The highest BCUT2D eigenvalue weighted by Gasteiger charge is 2.62. The predicted molar refractivity (Wildman–Crippen MR) is 114 cm³/mol. The average Bonchev–Trinajstić information content (AvgIpc) is 3.12. The van der Waals surface area contributed by atoms with Crippen molar-refractivity contribution >= 4 is 35.1 Å². The fourth-order valence-electron chi connectivity index (χ4n) is 4.65. The summed E-state index contributed by atoms with van der Waals surface area (Å²) in [4.78, 5) is 43.1. The molecule has 3 atom stereocenters. The fraction of sp³-hybridized carbons (Fsp3) is 0.450. The van der Waals surface area contributed by atoms with Crippen LogP contribution in [0, 0.1) is 5.92 Å². The van der Waals surface area contributed by atoms with Crippen molar-refractivity contribution in [3.63, 3.8) is 0 Å². The maximum Gasteiger partial charge on any atom is 0.323 e. The first-order chi connectivity index (χ1) is 14.7. The number of piperidine rings is 1. The second kappa shape index (κ2) is 7.84. The number of carbonyl (C=O) groups is 3. The molecule has 2 bridgehead atoms. The third kappa shape index (κ3) is 3.83. The number of halogens is 1. The summed E-state index contributed by atoms with van der Waals surface area (Å²) < 4.78 is 1.57. The van der Waals surface area contributed by atoms with Crippen LogP contribution in [0.25, 0.3) is 11.4 Å². The van der Waals surface area contributed by atoms with Gasteiger partial charge in [0.05, 0.1) is 5.02 Å². The van der Waals surface area contributed by atoms with Gasteiger partial charge in [-0.3, -0.25) is 25.1 Å². The molecule has 1 saturated carbocycles. The molecule has 2 aromatic rings. The number of rotatable bonds is 3. The molecule has 1 aromatic heterocycles. The molecule has 3 N–H and O–H groups in total. The summed E-state index contributed by atoms with van der Waals surface area (Å²) >= 11 is 6.30. The monoisotopic (exact) mass is 445 g/mol. The molecular formula is C20H24ClN7O3. The van der Waals surface area contributed by atoms with Gasteiger partial charge in [0.2, 0.25) is 5.91 Å². The number of aryl methyl sites for hydroxylation is 1. The molecule has 2 fully saturated rings. The first kappa shape index (κ1) is 21.1. The Morgan fingerprint density at radius 3 is 2.68 bits per heavy atom. The second-order valence-corrected chi connectivity index (χ2v) is 8.71. The van der Waals surface area contributed by atoms with E-state index in [2.05, 4.69) is 33.2 Å². The van der Waals surface area contributed by atoms with E-state index in [-0.39, 0.29) is 23.9 Å². The maximum atomic E-state index is 13.2. The van der Waals surface area contributed by atoms with Crippen molar-refractivity contribution in [1.29, 1.82) is 0 Å². The van der Waals surface area contributed by atoms with E-state index in [0.29, 0.717) is 40.9 Å². The van der Waals surface area contributed by atoms with E-state index in [0.717, 1.165) is 6.42 Å². The Morgan fingerprint density at radius 1 is 1.23 bits per heavy atom. The minimum Gasteiger partial charge on any atom is -0.308 e. The van der Waals surface area contributed by atoms with Gasteiger partial charge in [-0.1, -0.05) is 18.5 Å². The molecular weight excluding hydrogens is 422 g/mol. The molecule has 0 spiro atoms. The van der Waals surface area contributed by atoms with Crippen molar-refractivity contribution in [2.45, 2.75) is 44.7 Å².